The molecule has 1 aliphatic heterocycles. The number of H-pyrrole nitrogens is 1. The fraction of sp³-hybridized carbons (Fsp3) is 0.471. The Morgan fingerprint density at radius 3 is 2.82 bits per heavy atom. The van der Waals surface area contributed by atoms with Crippen LogP contribution in [-0.2, 0) is 0 Å². The molecule has 4 rings (SSSR count). The summed E-state index contributed by atoms with van der Waals surface area (Å²) in [6, 6.07) is 6.04. The number of nitrogens with zero attached hydrogens (tertiary/aromatic N) is 1. The van der Waals surface area contributed by atoms with Crippen molar-refractivity contribution in [2.45, 2.75) is 44.7 Å². The number of hydrogen-bond acceptors (Lipinski definition) is 3. The van der Waals surface area contributed by atoms with Crippen LogP contribution in [0.15, 0.2) is 23.2 Å². The van der Waals surface area contributed by atoms with E-state index in [0.29, 0.717) is 12.1 Å². The highest BCUT2D eigenvalue weighted by atomic mass is 32.2. The first kappa shape index (κ1) is 14.1. The molecule has 116 valence electrons. The van der Waals surface area contributed by atoms with Crippen molar-refractivity contribution in [2.75, 3.05) is 11.1 Å². The second-order valence-electron chi connectivity index (χ2n) is 6.32. The van der Waals surface area contributed by atoms with Gasteiger partial charge >= 0.3 is 0 Å². The average molecular weight is 317 g/mol. The van der Waals surface area contributed by atoms with Gasteiger partial charge in [0.2, 0.25) is 0 Å². The molecule has 2 aromatic rings. The maximum atomic E-state index is 13.9. The third kappa shape index (κ3) is 2.62. The lowest BCUT2D eigenvalue weighted by atomic mass is 10.2. The van der Waals surface area contributed by atoms with Crippen LogP contribution in [0.1, 0.15) is 38.3 Å². The van der Waals surface area contributed by atoms with E-state index in [1.165, 1.54) is 25.7 Å². The van der Waals surface area contributed by atoms with Crippen molar-refractivity contribution < 1.29 is 4.39 Å². The molecule has 22 heavy (non-hydrogen) atoms. The first-order valence-corrected chi connectivity index (χ1v) is 8.97. The molecule has 1 fully saturated rings. The van der Waals surface area contributed by atoms with Crippen molar-refractivity contribution in [1.82, 2.24) is 4.98 Å². The number of anilines is 1. The van der Waals surface area contributed by atoms with E-state index < -0.39 is 0 Å². The Kier molecular flexibility index (Phi) is 3.60. The molecule has 3 nitrogen and oxygen atoms in total. The van der Waals surface area contributed by atoms with Crippen molar-refractivity contribution in [3.8, 4) is 0 Å². The summed E-state index contributed by atoms with van der Waals surface area (Å²) in [6.45, 7) is 2.12. The number of benzene rings is 1. The van der Waals surface area contributed by atoms with Gasteiger partial charge in [0.05, 0.1) is 22.9 Å². The van der Waals surface area contributed by atoms with E-state index >= 15 is 0 Å². The van der Waals surface area contributed by atoms with Crippen LogP contribution in [0.2, 0.25) is 0 Å². The summed E-state index contributed by atoms with van der Waals surface area (Å²) in [5, 5.41) is 5.47. The number of hydrogen-bond donors (Lipinski definition) is 2. The van der Waals surface area contributed by atoms with E-state index in [1.807, 2.05) is 6.07 Å². The predicted molar refractivity (Wildman–Crippen MR) is 92.6 cm³/mol. The summed E-state index contributed by atoms with van der Waals surface area (Å²) < 4.78 is 13.9. The Morgan fingerprint density at radius 2 is 2.09 bits per heavy atom. The van der Waals surface area contributed by atoms with Crippen LogP contribution in [-0.4, -0.2) is 27.9 Å². The Morgan fingerprint density at radius 1 is 1.27 bits per heavy atom. The zero-order valence-electron chi connectivity index (χ0n) is 12.7. The molecule has 2 heterocycles. The van der Waals surface area contributed by atoms with Crippen molar-refractivity contribution in [3.63, 3.8) is 0 Å². The monoisotopic (exact) mass is 317 g/mol. The fourth-order valence-electron chi connectivity index (χ4n) is 3.35. The van der Waals surface area contributed by atoms with Gasteiger partial charge in [-0.3, -0.25) is 4.99 Å². The summed E-state index contributed by atoms with van der Waals surface area (Å²) in [7, 11) is 0. The first-order chi connectivity index (χ1) is 10.7. The molecule has 1 saturated carbocycles. The van der Waals surface area contributed by atoms with Crippen LogP contribution < -0.4 is 5.32 Å². The van der Waals surface area contributed by atoms with Gasteiger partial charge in [-0.2, -0.15) is 0 Å². The van der Waals surface area contributed by atoms with E-state index in [0.717, 1.165) is 33.1 Å². The van der Waals surface area contributed by atoms with E-state index in [2.05, 4.69) is 22.2 Å². The number of nitrogens with one attached hydrogen (secondary N) is 2. The van der Waals surface area contributed by atoms with Gasteiger partial charge in [0.25, 0.3) is 0 Å². The topological polar surface area (TPSA) is 40.2 Å². The van der Waals surface area contributed by atoms with Crippen LogP contribution in [0.25, 0.3) is 10.9 Å². The number of fused-ring (bicyclic) bond motifs is 1. The zero-order valence-corrected chi connectivity index (χ0v) is 13.5. The fourth-order valence-corrected chi connectivity index (χ4v) is 4.34. The molecule has 1 aliphatic carbocycles. The van der Waals surface area contributed by atoms with Gasteiger partial charge in [-0.1, -0.05) is 12.8 Å². The molecule has 0 saturated heterocycles. The number of thioether (sulfide) groups is 1. The maximum absolute atomic E-state index is 13.9. The van der Waals surface area contributed by atoms with Crippen LogP contribution in [0.4, 0.5) is 10.1 Å². The zero-order chi connectivity index (χ0) is 15.1. The van der Waals surface area contributed by atoms with Gasteiger partial charge in [-0.25, -0.2) is 4.39 Å². The quantitative estimate of drug-likeness (QED) is 0.872. The summed E-state index contributed by atoms with van der Waals surface area (Å²) in [4.78, 5) is 8.09. The van der Waals surface area contributed by atoms with Crippen LogP contribution >= 0.6 is 11.8 Å². The smallest absolute Gasteiger partial charge is 0.126 e. The molecule has 1 aromatic heterocycles. The Labute approximate surface area is 133 Å². The van der Waals surface area contributed by atoms with Crippen molar-refractivity contribution in [1.29, 1.82) is 0 Å². The highest BCUT2D eigenvalue weighted by Gasteiger charge is 2.20. The summed E-state index contributed by atoms with van der Waals surface area (Å²) in [6.07, 6.45) is 4.87. The molecule has 0 spiro atoms. The predicted octanol–water partition coefficient (Wildman–Crippen LogP) is 4.54. The lowest BCUT2D eigenvalue weighted by Crippen LogP contribution is -2.14. The normalized spacial score (nSPS) is 22.5. The number of aromatic nitrogens is 1. The van der Waals surface area contributed by atoms with Gasteiger partial charge in [0.15, 0.2) is 0 Å². The molecule has 2 N–H and O–H groups in total. The standard InChI is InChI=1S/C17H20FN3S/c1-10-9-22-17(19-10)15-7-11-6-12(18)8-14(16(11)21-15)20-13-4-2-3-5-13/h6-8,10,13,20-21H,2-5,9H2,1H3/t10-/m1/s1. The second kappa shape index (κ2) is 5.61. The van der Waals surface area contributed by atoms with Crippen LogP contribution in [0.3, 0.4) is 0 Å². The molecule has 5 heteroatoms. The molecular weight excluding hydrogens is 297 g/mol. The molecule has 0 bridgehead atoms. The lowest BCUT2D eigenvalue weighted by Gasteiger charge is -2.14. The Hall–Kier alpha value is -1.49. The minimum Gasteiger partial charge on any atom is -0.381 e. The van der Waals surface area contributed by atoms with Crippen molar-refractivity contribution in [3.05, 3.63) is 29.7 Å². The van der Waals surface area contributed by atoms with Crippen LogP contribution in [0.5, 0.6) is 0 Å². The molecule has 0 radical (unpaired) electrons. The first-order valence-electron chi connectivity index (χ1n) is 7.99. The van der Waals surface area contributed by atoms with E-state index in [9.17, 15) is 4.39 Å². The van der Waals surface area contributed by atoms with Crippen molar-refractivity contribution in [2.24, 2.45) is 4.99 Å². The minimum absolute atomic E-state index is 0.187. The lowest BCUT2D eigenvalue weighted by molar-refractivity contribution is 0.629. The van der Waals surface area contributed by atoms with Crippen LogP contribution in [0, 0.1) is 5.82 Å². The summed E-state index contributed by atoms with van der Waals surface area (Å²) >= 11 is 1.77. The third-order valence-corrected chi connectivity index (χ3v) is 5.69. The molecule has 1 atom stereocenters. The second-order valence-corrected chi connectivity index (χ2v) is 7.33. The van der Waals surface area contributed by atoms with E-state index in [-0.39, 0.29) is 5.82 Å². The van der Waals surface area contributed by atoms with Gasteiger partial charge in [-0.15, -0.1) is 11.8 Å². The third-order valence-electron chi connectivity index (χ3n) is 4.44. The number of aromatic amines is 1. The number of rotatable bonds is 3. The number of halogens is 1. The van der Waals surface area contributed by atoms with Gasteiger partial charge in [-0.05, 0) is 38.0 Å². The molecular formula is C17H20FN3S. The molecule has 0 unspecified atom stereocenters. The van der Waals surface area contributed by atoms with Gasteiger partial charge in [0.1, 0.15) is 10.9 Å². The highest BCUT2D eigenvalue weighted by molar-refractivity contribution is 8.14. The SMILES string of the molecule is C[C@@H]1CSC(c2cc3cc(F)cc(NC4CCCC4)c3[nH]2)=N1. The van der Waals surface area contributed by atoms with Gasteiger partial charge < -0.3 is 10.3 Å². The van der Waals surface area contributed by atoms with Gasteiger partial charge in [0, 0.05) is 17.2 Å². The maximum Gasteiger partial charge on any atom is 0.126 e. The van der Waals surface area contributed by atoms with E-state index in [1.54, 1.807) is 23.9 Å². The largest absolute Gasteiger partial charge is 0.381 e. The summed E-state index contributed by atoms with van der Waals surface area (Å²) in [5.41, 5.74) is 2.88. The summed E-state index contributed by atoms with van der Waals surface area (Å²) in [5.74, 6) is 0.833. The average Bonchev–Trinajstić information content (AvgIpc) is 3.18. The van der Waals surface area contributed by atoms with Crippen molar-refractivity contribution >= 4 is 33.4 Å². The molecule has 0 amide bonds. The molecule has 2 aliphatic rings. The molecule has 1 aromatic carbocycles. The Bertz CT molecular complexity index is 731. The van der Waals surface area contributed by atoms with E-state index in [4.69, 9.17) is 0 Å². The minimum atomic E-state index is -0.187. The highest BCUT2D eigenvalue weighted by Crippen LogP contribution is 2.31. The Balaban J connectivity index is 1.72. The number of aliphatic imine (C=N–C) groups is 1.